The third-order valence-electron chi connectivity index (χ3n) is 4.06. The van der Waals surface area contributed by atoms with Gasteiger partial charge in [0.1, 0.15) is 0 Å². The molecule has 0 aliphatic carbocycles. The molecule has 0 N–H and O–H groups in total. The van der Waals surface area contributed by atoms with Gasteiger partial charge < -0.3 is 0 Å². The number of aryl methyl sites for hydroxylation is 1. The number of rotatable bonds is 6. The quantitative estimate of drug-likeness (QED) is 0.769. The fraction of sp³-hybridized carbons (Fsp3) is 0.294. The van der Waals surface area contributed by atoms with E-state index in [-0.39, 0.29) is 4.90 Å². The molecule has 0 heterocycles. The predicted octanol–water partition coefficient (Wildman–Crippen LogP) is 2.47. The zero-order chi connectivity index (χ0) is 18.8. The van der Waals surface area contributed by atoms with Gasteiger partial charge in [-0.2, -0.15) is 0 Å². The summed E-state index contributed by atoms with van der Waals surface area (Å²) in [6.45, 7) is 2.00. The molecule has 0 saturated carbocycles. The van der Waals surface area contributed by atoms with Crippen LogP contribution in [0.2, 0.25) is 0 Å². The Labute approximate surface area is 149 Å². The molecule has 0 fully saturated rings. The molecule has 0 amide bonds. The molecule has 0 bridgehead atoms. The van der Waals surface area contributed by atoms with E-state index in [0.717, 1.165) is 22.5 Å². The molecule has 6 nitrogen and oxygen atoms in total. The summed E-state index contributed by atoms with van der Waals surface area (Å²) in [7, 11) is -4.13. The van der Waals surface area contributed by atoms with Crippen molar-refractivity contribution >= 4 is 31.4 Å². The standard InChI is InChI=1S/C17H22N2O4S2/c1-5-14-6-12-17(13-7-14)25(22,23)19(3)16-10-8-15(9-11-16)18(2)24(4,20)21/h6-13H,5H2,1-4H3. The lowest BCUT2D eigenvalue weighted by atomic mass is 10.2. The van der Waals surface area contributed by atoms with Crippen molar-refractivity contribution in [2.75, 3.05) is 29.0 Å². The second-order valence-electron chi connectivity index (χ2n) is 5.72. The van der Waals surface area contributed by atoms with Crippen LogP contribution in [0.5, 0.6) is 0 Å². The molecular formula is C17H22N2O4S2. The highest BCUT2D eigenvalue weighted by Gasteiger charge is 2.21. The van der Waals surface area contributed by atoms with Crippen LogP contribution in [0.25, 0.3) is 0 Å². The normalized spacial score (nSPS) is 12.0. The maximum atomic E-state index is 12.7. The molecule has 0 aromatic heterocycles. The molecule has 25 heavy (non-hydrogen) atoms. The van der Waals surface area contributed by atoms with Crippen LogP contribution in [-0.2, 0) is 26.5 Å². The SMILES string of the molecule is CCc1ccc(S(=O)(=O)N(C)c2ccc(N(C)S(C)(=O)=O)cc2)cc1. The molecule has 0 aliphatic heterocycles. The fourth-order valence-electron chi connectivity index (χ4n) is 2.26. The molecule has 136 valence electrons. The number of sulfonamides is 2. The number of hydrogen-bond donors (Lipinski definition) is 0. The summed E-state index contributed by atoms with van der Waals surface area (Å²) in [5, 5.41) is 0. The first-order valence-electron chi connectivity index (χ1n) is 7.69. The van der Waals surface area contributed by atoms with Gasteiger partial charge in [-0.15, -0.1) is 0 Å². The van der Waals surface area contributed by atoms with E-state index >= 15 is 0 Å². The Hall–Kier alpha value is -2.06. The first-order valence-corrected chi connectivity index (χ1v) is 11.0. The van der Waals surface area contributed by atoms with Crippen molar-refractivity contribution in [2.45, 2.75) is 18.2 Å². The van der Waals surface area contributed by atoms with Crippen molar-refractivity contribution in [1.29, 1.82) is 0 Å². The van der Waals surface area contributed by atoms with Gasteiger partial charge in [-0.3, -0.25) is 8.61 Å². The molecule has 2 rings (SSSR count). The Balaban J connectivity index is 2.31. The van der Waals surface area contributed by atoms with E-state index in [1.54, 1.807) is 48.5 Å². The van der Waals surface area contributed by atoms with Crippen LogP contribution >= 0.6 is 0 Å². The third-order valence-corrected chi connectivity index (χ3v) is 7.07. The highest BCUT2D eigenvalue weighted by Crippen LogP contribution is 2.25. The smallest absolute Gasteiger partial charge is 0.264 e. The minimum absolute atomic E-state index is 0.213. The Morgan fingerprint density at radius 1 is 0.760 bits per heavy atom. The number of hydrogen-bond acceptors (Lipinski definition) is 4. The minimum atomic E-state index is -3.68. The van der Waals surface area contributed by atoms with Gasteiger partial charge in [0.05, 0.1) is 22.5 Å². The summed E-state index contributed by atoms with van der Waals surface area (Å²) in [6.07, 6.45) is 1.95. The minimum Gasteiger partial charge on any atom is -0.274 e. The van der Waals surface area contributed by atoms with Crippen molar-refractivity contribution in [2.24, 2.45) is 0 Å². The van der Waals surface area contributed by atoms with Gasteiger partial charge in [-0.25, -0.2) is 16.8 Å². The largest absolute Gasteiger partial charge is 0.274 e. The molecule has 0 saturated heterocycles. The van der Waals surface area contributed by atoms with E-state index in [1.165, 1.54) is 18.4 Å². The Bertz CT molecular complexity index is 935. The third kappa shape index (κ3) is 4.13. The van der Waals surface area contributed by atoms with Crippen LogP contribution in [0.1, 0.15) is 12.5 Å². The van der Waals surface area contributed by atoms with Gasteiger partial charge in [-0.05, 0) is 48.4 Å². The molecule has 0 radical (unpaired) electrons. The lowest BCUT2D eigenvalue weighted by molar-refractivity contribution is 0.593. The zero-order valence-electron chi connectivity index (χ0n) is 14.7. The van der Waals surface area contributed by atoms with Gasteiger partial charge >= 0.3 is 0 Å². The van der Waals surface area contributed by atoms with Gasteiger partial charge in [0, 0.05) is 14.1 Å². The second kappa shape index (κ2) is 7.05. The topological polar surface area (TPSA) is 74.8 Å². The van der Waals surface area contributed by atoms with Crippen LogP contribution in [0.4, 0.5) is 11.4 Å². The van der Waals surface area contributed by atoms with Crippen molar-refractivity contribution < 1.29 is 16.8 Å². The Morgan fingerprint density at radius 3 is 1.60 bits per heavy atom. The van der Waals surface area contributed by atoms with Crippen molar-refractivity contribution in [3.8, 4) is 0 Å². The summed E-state index contributed by atoms with van der Waals surface area (Å²) in [5.41, 5.74) is 1.98. The summed E-state index contributed by atoms with van der Waals surface area (Å²) in [6, 6.07) is 13.1. The van der Waals surface area contributed by atoms with E-state index in [9.17, 15) is 16.8 Å². The highest BCUT2D eigenvalue weighted by molar-refractivity contribution is 7.92. The van der Waals surface area contributed by atoms with Crippen molar-refractivity contribution in [3.63, 3.8) is 0 Å². The van der Waals surface area contributed by atoms with E-state index < -0.39 is 20.0 Å². The maximum Gasteiger partial charge on any atom is 0.264 e. The average Bonchev–Trinajstić information content (AvgIpc) is 2.59. The zero-order valence-corrected chi connectivity index (χ0v) is 16.3. The molecule has 0 unspecified atom stereocenters. The highest BCUT2D eigenvalue weighted by atomic mass is 32.2. The molecule has 0 atom stereocenters. The summed E-state index contributed by atoms with van der Waals surface area (Å²) < 4.78 is 50.9. The molecule has 2 aromatic rings. The van der Waals surface area contributed by atoms with E-state index in [4.69, 9.17) is 0 Å². The van der Waals surface area contributed by atoms with Crippen LogP contribution in [0, 0.1) is 0 Å². The summed E-state index contributed by atoms with van der Waals surface area (Å²) in [5.74, 6) is 0. The first kappa shape index (κ1) is 19.3. The summed E-state index contributed by atoms with van der Waals surface area (Å²) >= 11 is 0. The lowest BCUT2D eigenvalue weighted by Crippen LogP contribution is -2.27. The second-order valence-corrected chi connectivity index (χ2v) is 9.70. The maximum absolute atomic E-state index is 12.7. The summed E-state index contributed by atoms with van der Waals surface area (Å²) in [4.78, 5) is 0.213. The molecule has 2 aromatic carbocycles. The molecule has 0 aliphatic rings. The number of anilines is 2. The molecular weight excluding hydrogens is 360 g/mol. The van der Waals surface area contributed by atoms with Crippen molar-refractivity contribution in [3.05, 3.63) is 54.1 Å². The van der Waals surface area contributed by atoms with Gasteiger partial charge in [-0.1, -0.05) is 19.1 Å². The Morgan fingerprint density at radius 2 is 1.20 bits per heavy atom. The fourth-order valence-corrected chi connectivity index (χ4v) is 3.96. The van der Waals surface area contributed by atoms with Crippen LogP contribution in [-0.4, -0.2) is 37.2 Å². The van der Waals surface area contributed by atoms with Gasteiger partial charge in [0.15, 0.2) is 0 Å². The van der Waals surface area contributed by atoms with Crippen LogP contribution in [0.3, 0.4) is 0 Å². The van der Waals surface area contributed by atoms with Crippen LogP contribution in [0.15, 0.2) is 53.4 Å². The Kier molecular flexibility index (Phi) is 5.43. The lowest BCUT2D eigenvalue weighted by Gasteiger charge is -2.21. The predicted molar refractivity (Wildman–Crippen MR) is 101 cm³/mol. The first-order chi connectivity index (χ1) is 11.6. The number of benzene rings is 2. The number of nitrogens with zero attached hydrogens (tertiary/aromatic N) is 2. The van der Waals surface area contributed by atoms with E-state index in [2.05, 4.69) is 0 Å². The monoisotopic (exact) mass is 382 g/mol. The van der Waals surface area contributed by atoms with Crippen LogP contribution < -0.4 is 8.61 Å². The van der Waals surface area contributed by atoms with Gasteiger partial charge in [0.25, 0.3) is 10.0 Å². The van der Waals surface area contributed by atoms with E-state index in [1.807, 2.05) is 6.92 Å². The molecule has 0 spiro atoms. The van der Waals surface area contributed by atoms with Gasteiger partial charge in [0.2, 0.25) is 10.0 Å². The molecule has 8 heteroatoms. The van der Waals surface area contributed by atoms with E-state index in [0.29, 0.717) is 11.4 Å². The average molecular weight is 383 g/mol. The van der Waals surface area contributed by atoms with Crippen molar-refractivity contribution in [1.82, 2.24) is 0 Å².